The molecule has 0 fully saturated rings. The van der Waals surface area contributed by atoms with Gasteiger partial charge in [0.25, 0.3) is 0 Å². The molecule has 3 rings (SSSR count). The normalized spacial score (nSPS) is 11.2. The van der Waals surface area contributed by atoms with Crippen LogP contribution in [0.2, 0.25) is 0 Å². The summed E-state index contributed by atoms with van der Waals surface area (Å²) >= 11 is 0. The van der Waals surface area contributed by atoms with Crippen molar-refractivity contribution in [3.63, 3.8) is 0 Å². The molecule has 0 radical (unpaired) electrons. The van der Waals surface area contributed by atoms with Crippen LogP contribution in [0.4, 0.5) is 4.39 Å². The van der Waals surface area contributed by atoms with Crippen molar-refractivity contribution in [1.29, 1.82) is 0 Å². The second kappa shape index (κ2) is 4.29. The number of fused-ring (bicyclic) bond motifs is 1. The summed E-state index contributed by atoms with van der Waals surface area (Å²) in [4.78, 5) is 4.34. The number of hydrogen-bond acceptors (Lipinski definition) is 1. The standard InChI is InChI=1S/C14H14FN3/c1-2-17-8-6-16-14(17)10-18-7-5-11-3-4-12(15)9-13(11)18/h3-9H,2,10H2,1H3. The van der Waals surface area contributed by atoms with Crippen molar-refractivity contribution in [2.24, 2.45) is 0 Å². The van der Waals surface area contributed by atoms with E-state index < -0.39 is 0 Å². The minimum atomic E-state index is -0.207. The Morgan fingerprint density at radius 3 is 2.89 bits per heavy atom. The highest BCUT2D eigenvalue weighted by molar-refractivity contribution is 5.80. The molecule has 1 aromatic carbocycles. The van der Waals surface area contributed by atoms with E-state index in [0.717, 1.165) is 23.3 Å². The molecule has 4 heteroatoms. The van der Waals surface area contributed by atoms with Crippen LogP contribution in [0.15, 0.2) is 42.9 Å². The minimum absolute atomic E-state index is 0.207. The molecular formula is C14H14FN3. The summed E-state index contributed by atoms with van der Waals surface area (Å²) in [5.74, 6) is 0.778. The lowest BCUT2D eigenvalue weighted by atomic mass is 10.2. The third-order valence-corrected chi connectivity index (χ3v) is 3.19. The first-order valence-electron chi connectivity index (χ1n) is 6.02. The quantitative estimate of drug-likeness (QED) is 0.693. The Morgan fingerprint density at radius 1 is 1.17 bits per heavy atom. The summed E-state index contributed by atoms with van der Waals surface area (Å²) in [6.07, 6.45) is 5.73. The number of aryl methyl sites for hydroxylation is 1. The number of rotatable bonds is 3. The lowest BCUT2D eigenvalue weighted by Crippen LogP contribution is -2.06. The molecule has 0 spiro atoms. The minimum Gasteiger partial charge on any atom is -0.340 e. The summed E-state index contributed by atoms with van der Waals surface area (Å²) in [7, 11) is 0. The summed E-state index contributed by atoms with van der Waals surface area (Å²) in [6, 6.07) is 6.84. The number of benzene rings is 1. The van der Waals surface area contributed by atoms with E-state index in [9.17, 15) is 4.39 Å². The van der Waals surface area contributed by atoms with E-state index in [0.29, 0.717) is 6.54 Å². The lowest BCUT2D eigenvalue weighted by molar-refractivity contribution is 0.626. The molecule has 0 aliphatic heterocycles. The van der Waals surface area contributed by atoms with Gasteiger partial charge in [-0.2, -0.15) is 0 Å². The predicted molar refractivity (Wildman–Crippen MR) is 68.9 cm³/mol. The summed E-state index contributed by atoms with van der Waals surface area (Å²) in [5, 5.41) is 1.05. The van der Waals surface area contributed by atoms with E-state index in [2.05, 4.69) is 16.5 Å². The largest absolute Gasteiger partial charge is 0.340 e. The molecular weight excluding hydrogens is 229 g/mol. The zero-order valence-electron chi connectivity index (χ0n) is 10.2. The molecule has 0 saturated carbocycles. The van der Waals surface area contributed by atoms with Gasteiger partial charge in [-0.25, -0.2) is 9.37 Å². The van der Waals surface area contributed by atoms with Crippen LogP contribution < -0.4 is 0 Å². The molecule has 18 heavy (non-hydrogen) atoms. The van der Waals surface area contributed by atoms with Crippen LogP contribution in [-0.2, 0) is 13.1 Å². The molecule has 0 atom stereocenters. The van der Waals surface area contributed by atoms with Crippen LogP contribution in [-0.4, -0.2) is 14.1 Å². The van der Waals surface area contributed by atoms with E-state index in [1.807, 2.05) is 23.0 Å². The highest BCUT2D eigenvalue weighted by atomic mass is 19.1. The Kier molecular flexibility index (Phi) is 2.63. The van der Waals surface area contributed by atoms with Crippen molar-refractivity contribution >= 4 is 10.9 Å². The maximum Gasteiger partial charge on any atom is 0.128 e. The number of imidazole rings is 1. The third kappa shape index (κ3) is 1.79. The zero-order valence-corrected chi connectivity index (χ0v) is 10.2. The average Bonchev–Trinajstić information content (AvgIpc) is 2.97. The van der Waals surface area contributed by atoms with Crippen LogP contribution in [0.1, 0.15) is 12.7 Å². The number of nitrogens with zero attached hydrogens (tertiary/aromatic N) is 3. The molecule has 0 saturated heterocycles. The van der Waals surface area contributed by atoms with E-state index in [-0.39, 0.29) is 5.82 Å². The Labute approximate surface area is 104 Å². The van der Waals surface area contributed by atoms with Gasteiger partial charge in [0.15, 0.2) is 0 Å². The lowest BCUT2D eigenvalue weighted by Gasteiger charge is -2.07. The Bertz CT molecular complexity index is 681. The fraction of sp³-hybridized carbons (Fsp3) is 0.214. The first-order valence-corrected chi connectivity index (χ1v) is 6.02. The van der Waals surface area contributed by atoms with Crippen LogP contribution in [0.25, 0.3) is 10.9 Å². The average molecular weight is 243 g/mol. The van der Waals surface area contributed by atoms with Gasteiger partial charge in [-0.05, 0) is 36.6 Å². The molecule has 0 aliphatic rings. The van der Waals surface area contributed by atoms with Gasteiger partial charge in [0.05, 0.1) is 12.1 Å². The molecule has 3 nitrogen and oxygen atoms in total. The SMILES string of the molecule is CCn1ccnc1Cn1ccc2ccc(F)cc21. The van der Waals surface area contributed by atoms with Crippen molar-refractivity contribution in [3.8, 4) is 0 Å². The molecule has 0 amide bonds. The van der Waals surface area contributed by atoms with Crippen molar-refractivity contribution in [3.05, 3.63) is 54.5 Å². The first kappa shape index (κ1) is 11.0. The van der Waals surface area contributed by atoms with Gasteiger partial charge in [-0.1, -0.05) is 0 Å². The number of hydrogen-bond donors (Lipinski definition) is 0. The molecule has 2 heterocycles. The van der Waals surface area contributed by atoms with Crippen molar-refractivity contribution in [2.45, 2.75) is 20.0 Å². The van der Waals surface area contributed by atoms with Gasteiger partial charge in [0.2, 0.25) is 0 Å². The summed E-state index contributed by atoms with van der Waals surface area (Å²) in [6.45, 7) is 3.63. The monoisotopic (exact) mass is 243 g/mol. The smallest absolute Gasteiger partial charge is 0.128 e. The molecule has 0 aliphatic carbocycles. The second-order valence-electron chi connectivity index (χ2n) is 4.28. The molecule has 0 unspecified atom stereocenters. The van der Waals surface area contributed by atoms with Crippen LogP contribution in [0.3, 0.4) is 0 Å². The van der Waals surface area contributed by atoms with Gasteiger partial charge in [0.1, 0.15) is 11.6 Å². The van der Waals surface area contributed by atoms with Gasteiger partial charge in [0, 0.05) is 25.1 Å². The van der Waals surface area contributed by atoms with Gasteiger partial charge >= 0.3 is 0 Å². The van der Waals surface area contributed by atoms with E-state index >= 15 is 0 Å². The highest BCUT2D eigenvalue weighted by Crippen LogP contribution is 2.18. The first-order chi connectivity index (χ1) is 8.78. The molecule has 3 aromatic rings. The maximum atomic E-state index is 13.3. The maximum absolute atomic E-state index is 13.3. The molecule has 2 aromatic heterocycles. The Balaban J connectivity index is 2.02. The topological polar surface area (TPSA) is 22.8 Å². The van der Waals surface area contributed by atoms with Gasteiger partial charge < -0.3 is 9.13 Å². The van der Waals surface area contributed by atoms with Crippen molar-refractivity contribution in [2.75, 3.05) is 0 Å². The van der Waals surface area contributed by atoms with E-state index in [1.165, 1.54) is 6.07 Å². The fourth-order valence-electron chi connectivity index (χ4n) is 2.23. The van der Waals surface area contributed by atoms with Crippen LogP contribution in [0, 0.1) is 5.82 Å². The second-order valence-corrected chi connectivity index (χ2v) is 4.28. The van der Waals surface area contributed by atoms with Gasteiger partial charge in [-0.3, -0.25) is 0 Å². The number of halogens is 1. The summed E-state index contributed by atoms with van der Waals surface area (Å²) < 4.78 is 17.4. The highest BCUT2D eigenvalue weighted by Gasteiger charge is 2.06. The van der Waals surface area contributed by atoms with Crippen LogP contribution in [0.5, 0.6) is 0 Å². The fourth-order valence-corrected chi connectivity index (χ4v) is 2.23. The Morgan fingerprint density at radius 2 is 2.06 bits per heavy atom. The predicted octanol–water partition coefficient (Wildman–Crippen LogP) is 3.05. The van der Waals surface area contributed by atoms with E-state index in [1.54, 1.807) is 18.3 Å². The molecule has 0 bridgehead atoms. The van der Waals surface area contributed by atoms with Crippen molar-refractivity contribution in [1.82, 2.24) is 14.1 Å². The number of aromatic nitrogens is 3. The zero-order chi connectivity index (χ0) is 12.5. The van der Waals surface area contributed by atoms with Crippen LogP contribution >= 0.6 is 0 Å². The third-order valence-electron chi connectivity index (χ3n) is 3.19. The summed E-state index contributed by atoms with van der Waals surface area (Å²) in [5.41, 5.74) is 0.903. The Hall–Kier alpha value is -2.10. The molecule has 0 N–H and O–H groups in total. The molecule has 92 valence electrons. The van der Waals surface area contributed by atoms with Crippen molar-refractivity contribution < 1.29 is 4.39 Å². The van der Waals surface area contributed by atoms with E-state index in [4.69, 9.17) is 0 Å². The van der Waals surface area contributed by atoms with Gasteiger partial charge in [-0.15, -0.1) is 0 Å².